The van der Waals surface area contributed by atoms with Crippen molar-refractivity contribution in [2.45, 2.75) is 12.2 Å². The number of aromatic nitrogens is 2. The number of hydrazine groups is 1. The van der Waals surface area contributed by atoms with E-state index in [1.807, 2.05) is 0 Å². The third kappa shape index (κ3) is 2.97. The van der Waals surface area contributed by atoms with Gasteiger partial charge in [0, 0.05) is 19.4 Å². The fraction of sp³-hybridized carbons (Fsp3) is 0.444. The number of alkyl halides is 1. The van der Waals surface area contributed by atoms with Gasteiger partial charge in [-0.1, -0.05) is 0 Å². The number of nitrogens with zero attached hydrogens (tertiary/aromatic N) is 5. The Bertz CT molecular complexity index is 600. The first-order chi connectivity index (χ1) is 9.94. The molecule has 0 saturated heterocycles. The van der Waals surface area contributed by atoms with Crippen LogP contribution in [0.3, 0.4) is 0 Å². The van der Waals surface area contributed by atoms with Crippen LogP contribution in [0.1, 0.15) is 6.92 Å². The van der Waals surface area contributed by atoms with Crippen LogP contribution in [-0.4, -0.2) is 39.2 Å². The number of aliphatic imine (C=N–C) groups is 1. The molecule has 0 bridgehead atoms. The van der Waals surface area contributed by atoms with Crippen molar-refractivity contribution in [3.63, 3.8) is 0 Å². The van der Waals surface area contributed by atoms with Crippen molar-refractivity contribution in [2.24, 2.45) is 10.3 Å². The molecule has 0 amide bonds. The molecule has 2 atom stereocenters. The molecule has 2 N–H and O–H groups in total. The van der Waals surface area contributed by atoms with Gasteiger partial charge in [-0.25, -0.2) is 15.0 Å². The van der Waals surface area contributed by atoms with Crippen molar-refractivity contribution in [1.29, 1.82) is 0 Å². The summed E-state index contributed by atoms with van der Waals surface area (Å²) >= 11 is 5.84. The topological polar surface area (TPSA) is 121 Å². The third-order valence-corrected chi connectivity index (χ3v) is 5.77. The summed E-state index contributed by atoms with van der Waals surface area (Å²) in [5.41, 5.74) is 2.57. The molecule has 2 rings (SSSR count). The Kier molecular flexibility index (Phi) is 4.40. The molecule has 21 heavy (non-hydrogen) atoms. The van der Waals surface area contributed by atoms with E-state index < -0.39 is 12.8 Å². The van der Waals surface area contributed by atoms with Gasteiger partial charge >= 0.3 is 13.5 Å². The normalized spacial score (nSPS) is 27.7. The minimum Gasteiger partial charge on any atom is -0.396 e. The summed E-state index contributed by atoms with van der Waals surface area (Å²) in [6.07, 6.45) is 3.02. The van der Waals surface area contributed by atoms with Crippen LogP contribution in [0.5, 0.6) is 0 Å². The number of rotatable bonds is 5. The van der Waals surface area contributed by atoms with Gasteiger partial charge in [-0.2, -0.15) is 5.01 Å². The molecule has 12 heteroatoms. The van der Waals surface area contributed by atoms with E-state index in [-0.39, 0.29) is 17.9 Å². The zero-order valence-corrected chi connectivity index (χ0v) is 12.9. The van der Waals surface area contributed by atoms with E-state index in [0.717, 1.165) is 5.01 Å². The molecule has 1 aliphatic rings. The van der Waals surface area contributed by atoms with E-state index in [2.05, 4.69) is 30.9 Å². The molecule has 0 spiro atoms. The Morgan fingerprint density at radius 1 is 1.52 bits per heavy atom. The second kappa shape index (κ2) is 5.92. The lowest BCUT2D eigenvalue weighted by atomic mass is 10.4. The fourth-order valence-corrected chi connectivity index (χ4v) is 3.44. The maximum atomic E-state index is 12.9. The van der Waals surface area contributed by atoms with E-state index in [1.165, 1.54) is 26.4 Å². The maximum absolute atomic E-state index is 12.9. The van der Waals surface area contributed by atoms with Crippen LogP contribution in [0.2, 0.25) is 0 Å². The molecule has 2 heterocycles. The summed E-state index contributed by atoms with van der Waals surface area (Å²) in [5.74, 6) is 0.105. The number of halogens is 1. The monoisotopic (exact) mass is 333 g/mol. The molecule has 0 aliphatic carbocycles. The van der Waals surface area contributed by atoms with Crippen LogP contribution in [0, 0.1) is 4.91 Å². The highest BCUT2D eigenvalue weighted by atomic mass is 35.5. The average Bonchev–Trinajstić information content (AvgIpc) is 2.78. The summed E-state index contributed by atoms with van der Waals surface area (Å²) in [6.45, 7) is 1.53. The van der Waals surface area contributed by atoms with Crippen LogP contribution in [0.15, 0.2) is 28.7 Å². The largest absolute Gasteiger partial charge is 0.396 e. The second-order valence-electron chi connectivity index (χ2n) is 4.30. The highest BCUT2D eigenvalue weighted by Gasteiger charge is 2.54. The van der Waals surface area contributed by atoms with Crippen molar-refractivity contribution in [3.05, 3.63) is 23.4 Å². The lowest BCUT2D eigenvalue weighted by Gasteiger charge is -2.25. The number of hydrogen-bond donors (Lipinski definition) is 2. The first kappa shape index (κ1) is 15.6. The molecule has 0 radical (unpaired) electrons. The van der Waals surface area contributed by atoms with Gasteiger partial charge in [0.1, 0.15) is 0 Å². The second-order valence-corrected chi connectivity index (χ2v) is 7.04. The van der Waals surface area contributed by atoms with Gasteiger partial charge in [0.25, 0.3) is 0 Å². The molecule has 10 nitrogen and oxygen atoms in total. The Morgan fingerprint density at radius 3 is 2.76 bits per heavy atom. The predicted octanol–water partition coefficient (Wildman–Crippen LogP) is 1.54. The molecular formula is C9H13ClN7O3P. The lowest BCUT2D eigenvalue weighted by molar-refractivity contribution is 0.394. The van der Waals surface area contributed by atoms with Gasteiger partial charge in [0.15, 0.2) is 5.28 Å². The van der Waals surface area contributed by atoms with Crippen LogP contribution in [-0.2, 0) is 9.09 Å². The minimum absolute atomic E-state index is 0.0925. The standard InChI is InChI=1S/C9H13ClN7O3P/c1-9(6-10)13-8(17(2)16-18)20-21(9,19)15-14-7-11-4-3-5-12-7/h3-5H,6H2,1-2H3,(H,15,19)(H,11,12,14)/t9-,21-/m0/s1. The number of hydrogen-bond acceptors (Lipinski definition) is 8. The van der Waals surface area contributed by atoms with Crippen molar-refractivity contribution >= 4 is 31.1 Å². The number of anilines is 1. The summed E-state index contributed by atoms with van der Waals surface area (Å²) in [5, 5.41) is 4.72. The SMILES string of the molecule is CN(N=O)C1=N[C@](C)(CCl)[P@@](=O)(NNc2ncccn2)O1. The Hall–Kier alpha value is -1.77. The number of nitroso groups, excluding NO2 is 1. The molecule has 0 fully saturated rings. The molecule has 0 unspecified atom stereocenters. The van der Waals surface area contributed by atoms with Gasteiger partial charge in [0.2, 0.25) is 5.95 Å². The predicted molar refractivity (Wildman–Crippen MR) is 77.6 cm³/mol. The number of nitrogens with one attached hydrogen (secondary N) is 2. The first-order valence-electron chi connectivity index (χ1n) is 5.77. The zero-order chi connectivity index (χ0) is 15.5. The van der Waals surface area contributed by atoms with Gasteiger partial charge in [0.05, 0.1) is 11.2 Å². The van der Waals surface area contributed by atoms with E-state index >= 15 is 0 Å². The fourth-order valence-electron chi connectivity index (χ4n) is 1.41. The van der Waals surface area contributed by atoms with Gasteiger partial charge in [-0.15, -0.1) is 21.7 Å². The number of amidine groups is 1. The summed E-state index contributed by atoms with van der Waals surface area (Å²) in [6, 6.07) is 1.45. The smallest absolute Gasteiger partial charge is 0.364 e. The molecule has 1 aromatic rings. The summed E-state index contributed by atoms with van der Waals surface area (Å²) in [4.78, 5) is 22.4. The Labute approximate surface area is 125 Å². The van der Waals surface area contributed by atoms with Crippen LogP contribution >= 0.6 is 19.1 Å². The van der Waals surface area contributed by atoms with Gasteiger partial charge in [-0.3, -0.25) is 9.99 Å². The van der Waals surface area contributed by atoms with Crippen molar-refractivity contribution in [2.75, 3.05) is 18.4 Å². The van der Waals surface area contributed by atoms with E-state index in [4.69, 9.17) is 16.1 Å². The quantitative estimate of drug-likeness (QED) is 0.360. The molecule has 114 valence electrons. The lowest BCUT2D eigenvalue weighted by Crippen LogP contribution is -2.32. The third-order valence-electron chi connectivity index (χ3n) is 2.71. The Balaban J connectivity index is 2.18. The molecule has 0 saturated carbocycles. The van der Waals surface area contributed by atoms with Crippen molar-refractivity contribution < 1.29 is 9.09 Å². The molecule has 0 aromatic carbocycles. The van der Waals surface area contributed by atoms with Crippen molar-refractivity contribution in [1.82, 2.24) is 20.2 Å². The summed E-state index contributed by atoms with van der Waals surface area (Å²) in [7, 11) is -2.27. The van der Waals surface area contributed by atoms with Gasteiger partial charge in [-0.05, 0) is 13.0 Å². The van der Waals surface area contributed by atoms with E-state index in [0.29, 0.717) is 0 Å². The molecular weight excluding hydrogens is 321 g/mol. The van der Waals surface area contributed by atoms with E-state index in [1.54, 1.807) is 6.07 Å². The van der Waals surface area contributed by atoms with Gasteiger partial charge < -0.3 is 4.52 Å². The van der Waals surface area contributed by atoms with Crippen LogP contribution < -0.4 is 10.6 Å². The average molecular weight is 334 g/mol. The Morgan fingerprint density at radius 2 is 2.19 bits per heavy atom. The minimum atomic E-state index is -3.60. The molecule has 1 aromatic heterocycles. The summed E-state index contributed by atoms with van der Waals surface area (Å²) < 4.78 is 18.1. The highest BCUT2D eigenvalue weighted by molar-refractivity contribution is 7.59. The highest BCUT2D eigenvalue weighted by Crippen LogP contribution is 2.60. The van der Waals surface area contributed by atoms with Crippen LogP contribution in [0.25, 0.3) is 0 Å². The first-order valence-corrected chi connectivity index (χ1v) is 7.93. The molecule has 1 aliphatic heterocycles. The van der Waals surface area contributed by atoms with Crippen LogP contribution in [0.4, 0.5) is 5.95 Å². The maximum Gasteiger partial charge on any atom is 0.364 e. The zero-order valence-electron chi connectivity index (χ0n) is 11.2. The van der Waals surface area contributed by atoms with E-state index in [9.17, 15) is 9.47 Å². The van der Waals surface area contributed by atoms with Crippen molar-refractivity contribution in [3.8, 4) is 0 Å².